The molecule has 0 aliphatic rings. The highest BCUT2D eigenvalue weighted by molar-refractivity contribution is 5.88. The normalized spacial score (nSPS) is 9.31. The van der Waals surface area contributed by atoms with E-state index in [4.69, 9.17) is 4.74 Å². The summed E-state index contributed by atoms with van der Waals surface area (Å²) >= 11 is 0. The Morgan fingerprint density at radius 1 is 1.25 bits per heavy atom. The van der Waals surface area contributed by atoms with E-state index in [-0.39, 0.29) is 5.57 Å². The first-order valence-corrected chi connectivity index (χ1v) is 4.68. The first kappa shape index (κ1) is 12.0. The molecule has 0 saturated carbocycles. The van der Waals surface area contributed by atoms with Gasteiger partial charge in [0, 0.05) is 5.57 Å². The van der Waals surface area contributed by atoms with Gasteiger partial charge in [0.2, 0.25) is 0 Å². The van der Waals surface area contributed by atoms with Gasteiger partial charge in [0.05, 0.1) is 0 Å². The fourth-order valence-corrected chi connectivity index (χ4v) is 0.897. The second-order valence-electron chi connectivity index (χ2n) is 3.14. The number of benzene rings is 1. The first-order chi connectivity index (χ1) is 7.59. The van der Waals surface area contributed by atoms with Crippen LogP contribution >= 0.6 is 0 Å². The maximum atomic E-state index is 11.2. The zero-order valence-electron chi connectivity index (χ0n) is 8.93. The van der Waals surface area contributed by atoms with Crippen LogP contribution in [0.25, 0.3) is 0 Å². The van der Waals surface area contributed by atoms with Crippen LogP contribution in [0.3, 0.4) is 0 Å². The Morgan fingerprint density at radius 3 is 2.44 bits per heavy atom. The average Bonchev–Trinajstić information content (AvgIpc) is 2.27. The number of rotatable bonds is 4. The minimum atomic E-state index is -0.624. The summed E-state index contributed by atoms with van der Waals surface area (Å²) in [5, 5.41) is 0. The highest BCUT2D eigenvalue weighted by Gasteiger charge is 2.09. The largest absolute Gasteiger partial charge is 0.450 e. The van der Waals surface area contributed by atoms with Gasteiger partial charge in [-0.1, -0.05) is 24.8 Å². The van der Waals surface area contributed by atoms with Gasteiger partial charge in [0.15, 0.2) is 6.61 Å². The smallest absolute Gasteiger partial charge is 0.349 e. The van der Waals surface area contributed by atoms with Crippen LogP contribution in [0.15, 0.2) is 42.5 Å². The molecule has 0 heterocycles. The lowest BCUT2D eigenvalue weighted by molar-refractivity contribution is -0.150. The quantitative estimate of drug-likeness (QED) is 0.440. The van der Waals surface area contributed by atoms with Gasteiger partial charge in [-0.05, 0) is 19.1 Å². The van der Waals surface area contributed by atoms with Crippen LogP contribution < -0.4 is 4.74 Å². The van der Waals surface area contributed by atoms with E-state index in [9.17, 15) is 9.59 Å². The molecule has 0 radical (unpaired) electrons. The summed E-state index contributed by atoms with van der Waals surface area (Å²) < 4.78 is 9.52. The van der Waals surface area contributed by atoms with Crippen LogP contribution in [-0.2, 0) is 14.3 Å². The van der Waals surface area contributed by atoms with Gasteiger partial charge < -0.3 is 9.47 Å². The Morgan fingerprint density at radius 2 is 1.88 bits per heavy atom. The van der Waals surface area contributed by atoms with Crippen molar-refractivity contribution >= 4 is 11.9 Å². The lowest BCUT2D eigenvalue weighted by Gasteiger charge is -2.04. The van der Waals surface area contributed by atoms with Crippen molar-refractivity contribution in [2.45, 2.75) is 6.92 Å². The fourth-order valence-electron chi connectivity index (χ4n) is 0.897. The SMILES string of the molecule is C=C(C)C(=O)OCC(=O)Oc1ccccc1. The molecule has 0 fully saturated rings. The van der Waals surface area contributed by atoms with Crippen LogP contribution in [0, 0.1) is 0 Å². The maximum Gasteiger partial charge on any atom is 0.349 e. The van der Waals surface area contributed by atoms with E-state index in [0.717, 1.165) is 0 Å². The standard InChI is InChI=1S/C12H12O4/c1-9(2)12(14)15-8-11(13)16-10-6-4-3-5-7-10/h3-7H,1,8H2,2H3. The van der Waals surface area contributed by atoms with Crippen molar-refractivity contribution in [2.75, 3.05) is 6.61 Å². The summed E-state index contributed by atoms with van der Waals surface area (Å²) in [6, 6.07) is 8.56. The molecule has 4 heteroatoms. The summed E-state index contributed by atoms with van der Waals surface area (Å²) in [6.45, 7) is 4.48. The molecule has 0 atom stereocenters. The van der Waals surface area contributed by atoms with E-state index in [0.29, 0.717) is 5.75 Å². The molecule has 0 spiro atoms. The van der Waals surface area contributed by atoms with Gasteiger partial charge in [0.1, 0.15) is 5.75 Å². The van der Waals surface area contributed by atoms with Gasteiger partial charge in [0.25, 0.3) is 0 Å². The first-order valence-electron chi connectivity index (χ1n) is 4.68. The van der Waals surface area contributed by atoms with Crippen molar-refractivity contribution in [3.05, 3.63) is 42.5 Å². The van der Waals surface area contributed by atoms with E-state index in [1.807, 2.05) is 0 Å². The second-order valence-corrected chi connectivity index (χ2v) is 3.14. The van der Waals surface area contributed by atoms with Crippen molar-refractivity contribution < 1.29 is 19.1 Å². The molecule has 0 saturated heterocycles. The number of carbonyl (C=O) groups excluding carboxylic acids is 2. The molecular weight excluding hydrogens is 208 g/mol. The minimum absolute atomic E-state index is 0.243. The Labute approximate surface area is 93.5 Å². The maximum absolute atomic E-state index is 11.2. The number of para-hydroxylation sites is 1. The predicted octanol–water partition coefficient (Wildman–Crippen LogP) is 1.71. The van der Waals surface area contributed by atoms with Crippen molar-refractivity contribution in [3.63, 3.8) is 0 Å². The Balaban J connectivity index is 2.37. The number of hydrogen-bond donors (Lipinski definition) is 0. The van der Waals surface area contributed by atoms with E-state index in [1.165, 1.54) is 6.92 Å². The molecule has 0 bridgehead atoms. The van der Waals surface area contributed by atoms with Crippen molar-refractivity contribution in [1.82, 2.24) is 0 Å². The van der Waals surface area contributed by atoms with Gasteiger partial charge >= 0.3 is 11.9 Å². The number of hydrogen-bond acceptors (Lipinski definition) is 4. The molecule has 0 unspecified atom stereocenters. The van der Waals surface area contributed by atoms with Gasteiger partial charge in [-0.3, -0.25) is 0 Å². The third kappa shape index (κ3) is 3.96. The summed E-state index contributed by atoms with van der Waals surface area (Å²) in [6.07, 6.45) is 0. The van der Waals surface area contributed by atoms with E-state index in [1.54, 1.807) is 30.3 Å². The molecule has 0 N–H and O–H groups in total. The van der Waals surface area contributed by atoms with Gasteiger partial charge in [-0.25, -0.2) is 9.59 Å². The Kier molecular flexibility index (Phi) is 4.27. The molecule has 4 nitrogen and oxygen atoms in total. The highest BCUT2D eigenvalue weighted by Crippen LogP contribution is 2.08. The minimum Gasteiger partial charge on any atom is -0.450 e. The summed E-state index contributed by atoms with van der Waals surface area (Å²) in [7, 11) is 0. The van der Waals surface area contributed by atoms with E-state index in [2.05, 4.69) is 11.3 Å². The summed E-state index contributed by atoms with van der Waals surface area (Å²) in [4.78, 5) is 22.2. The second kappa shape index (κ2) is 5.70. The zero-order valence-corrected chi connectivity index (χ0v) is 8.93. The van der Waals surface area contributed by atoms with Gasteiger partial charge in [-0.15, -0.1) is 0 Å². The molecular formula is C12H12O4. The monoisotopic (exact) mass is 220 g/mol. The molecule has 0 aromatic heterocycles. The lowest BCUT2D eigenvalue weighted by atomic mass is 10.3. The highest BCUT2D eigenvalue weighted by atomic mass is 16.6. The fraction of sp³-hybridized carbons (Fsp3) is 0.167. The predicted molar refractivity (Wildman–Crippen MR) is 57.9 cm³/mol. The number of carbonyl (C=O) groups is 2. The van der Waals surface area contributed by atoms with Crippen LogP contribution in [0.1, 0.15) is 6.92 Å². The van der Waals surface area contributed by atoms with Crippen LogP contribution in [0.4, 0.5) is 0 Å². The Bertz CT molecular complexity index is 395. The lowest BCUT2D eigenvalue weighted by Crippen LogP contribution is -2.18. The number of ether oxygens (including phenoxy) is 2. The molecule has 1 aromatic rings. The molecule has 0 aliphatic heterocycles. The van der Waals surface area contributed by atoms with Crippen LogP contribution in [-0.4, -0.2) is 18.5 Å². The topological polar surface area (TPSA) is 52.6 Å². The molecule has 16 heavy (non-hydrogen) atoms. The zero-order chi connectivity index (χ0) is 12.0. The number of esters is 2. The van der Waals surface area contributed by atoms with Crippen LogP contribution in [0.2, 0.25) is 0 Å². The Hall–Kier alpha value is -2.10. The molecule has 84 valence electrons. The third-order valence-corrected chi connectivity index (χ3v) is 1.64. The van der Waals surface area contributed by atoms with E-state index >= 15 is 0 Å². The summed E-state index contributed by atoms with van der Waals surface area (Å²) in [5.74, 6) is -0.815. The van der Waals surface area contributed by atoms with Crippen molar-refractivity contribution in [3.8, 4) is 5.75 Å². The molecule has 1 aromatic carbocycles. The molecule has 0 aliphatic carbocycles. The summed E-state index contributed by atoms with van der Waals surface area (Å²) in [5.41, 5.74) is 0.243. The molecule has 0 amide bonds. The molecule has 1 rings (SSSR count). The van der Waals surface area contributed by atoms with Crippen molar-refractivity contribution in [2.24, 2.45) is 0 Å². The van der Waals surface area contributed by atoms with Gasteiger partial charge in [-0.2, -0.15) is 0 Å². The third-order valence-electron chi connectivity index (χ3n) is 1.64. The van der Waals surface area contributed by atoms with Crippen molar-refractivity contribution in [1.29, 1.82) is 0 Å². The van der Waals surface area contributed by atoms with Crippen LogP contribution in [0.5, 0.6) is 5.75 Å². The average molecular weight is 220 g/mol. The van der Waals surface area contributed by atoms with E-state index < -0.39 is 18.5 Å².